The van der Waals surface area contributed by atoms with Crippen molar-refractivity contribution in [1.82, 2.24) is 24.5 Å². The van der Waals surface area contributed by atoms with Crippen molar-refractivity contribution in [3.63, 3.8) is 0 Å². The Hall–Kier alpha value is -3.01. The van der Waals surface area contributed by atoms with Crippen molar-refractivity contribution >= 4 is 39.3 Å². The number of pyridine rings is 2. The van der Waals surface area contributed by atoms with E-state index in [1.54, 1.807) is 16.8 Å². The molecular weight excluding hydrogens is 464 g/mol. The van der Waals surface area contributed by atoms with Crippen molar-refractivity contribution in [2.24, 2.45) is 11.8 Å². The first kappa shape index (κ1) is 19.9. The van der Waals surface area contributed by atoms with E-state index in [0.717, 1.165) is 28.9 Å². The number of fused-ring (bicyclic) bond motifs is 2. The number of ether oxygens (including phenoxy) is 1. The summed E-state index contributed by atoms with van der Waals surface area (Å²) in [6.45, 7) is 4.85. The first-order valence-electron chi connectivity index (χ1n) is 10.0. The second-order valence-corrected chi connectivity index (χ2v) is 8.97. The number of aromatic nitrogens is 4. The van der Waals surface area contributed by atoms with Crippen molar-refractivity contribution in [3.8, 4) is 0 Å². The highest BCUT2D eigenvalue weighted by Gasteiger charge is 2.43. The van der Waals surface area contributed by atoms with E-state index in [9.17, 15) is 9.59 Å². The van der Waals surface area contributed by atoms with Crippen LogP contribution in [0.5, 0.6) is 0 Å². The summed E-state index contributed by atoms with van der Waals surface area (Å²) in [5.41, 5.74) is 1.94. The Morgan fingerprint density at radius 3 is 2.58 bits per heavy atom. The highest BCUT2D eigenvalue weighted by Crippen LogP contribution is 2.34. The Labute approximate surface area is 187 Å². The maximum absolute atomic E-state index is 13.0. The van der Waals surface area contributed by atoms with Gasteiger partial charge in [0.05, 0.1) is 7.11 Å². The summed E-state index contributed by atoms with van der Waals surface area (Å²) in [6, 6.07) is 7.32. The molecule has 3 aromatic heterocycles. The summed E-state index contributed by atoms with van der Waals surface area (Å²) in [5.74, 6) is 1.11. The van der Waals surface area contributed by atoms with Gasteiger partial charge in [-0.2, -0.15) is 0 Å². The van der Waals surface area contributed by atoms with E-state index in [0.29, 0.717) is 36.3 Å². The molecule has 0 radical (unpaired) electrons. The topological polar surface area (TPSA) is 92.9 Å². The predicted molar refractivity (Wildman–Crippen MR) is 116 cm³/mol. The van der Waals surface area contributed by atoms with Gasteiger partial charge >= 0.3 is 5.97 Å². The van der Waals surface area contributed by atoms with Crippen molar-refractivity contribution in [2.75, 3.05) is 38.2 Å². The van der Waals surface area contributed by atoms with E-state index in [4.69, 9.17) is 4.74 Å². The van der Waals surface area contributed by atoms with E-state index in [-0.39, 0.29) is 11.7 Å². The van der Waals surface area contributed by atoms with Crippen LogP contribution in [-0.4, -0.2) is 69.6 Å². The predicted octanol–water partition coefficient (Wildman–Crippen LogP) is 2.19. The third-order valence-corrected chi connectivity index (χ3v) is 6.44. The van der Waals surface area contributed by atoms with Gasteiger partial charge in [-0.1, -0.05) is 6.07 Å². The fourth-order valence-corrected chi connectivity index (χ4v) is 5.04. The SMILES string of the molecule is COC(=O)c1cccc(N2C[C@H]3CN(C(=O)c4nc5c(C)cc(Br)cn5n4)C[C@H]3C2)n1. The summed E-state index contributed by atoms with van der Waals surface area (Å²) >= 11 is 3.45. The second-order valence-electron chi connectivity index (χ2n) is 8.05. The number of carbonyl (C=O) groups excluding carboxylic acids is 2. The van der Waals surface area contributed by atoms with E-state index in [1.165, 1.54) is 7.11 Å². The summed E-state index contributed by atoms with van der Waals surface area (Å²) in [5, 5.41) is 4.39. The molecule has 0 bridgehead atoms. The minimum atomic E-state index is -0.444. The van der Waals surface area contributed by atoms with Crippen LogP contribution in [0.4, 0.5) is 5.82 Å². The van der Waals surface area contributed by atoms with Gasteiger partial charge in [0.25, 0.3) is 5.91 Å². The molecule has 2 aliphatic heterocycles. The Morgan fingerprint density at radius 2 is 1.87 bits per heavy atom. The number of likely N-dealkylation sites (tertiary alicyclic amines) is 1. The van der Waals surface area contributed by atoms with Crippen LogP contribution in [0.2, 0.25) is 0 Å². The zero-order valence-electron chi connectivity index (χ0n) is 17.2. The van der Waals surface area contributed by atoms with Crippen LogP contribution >= 0.6 is 15.9 Å². The van der Waals surface area contributed by atoms with Gasteiger partial charge in [-0.3, -0.25) is 4.79 Å². The van der Waals surface area contributed by atoms with E-state index < -0.39 is 5.97 Å². The molecule has 10 heteroatoms. The van der Waals surface area contributed by atoms with Crippen LogP contribution in [0.3, 0.4) is 0 Å². The number of esters is 1. The molecular formula is C21H21BrN6O3. The van der Waals surface area contributed by atoms with E-state index in [1.807, 2.05) is 30.0 Å². The molecule has 5 rings (SSSR count). The maximum Gasteiger partial charge on any atom is 0.356 e. The number of amides is 1. The van der Waals surface area contributed by atoms with Gasteiger partial charge in [-0.05, 0) is 46.6 Å². The first-order chi connectivity index (χ1) is 14.9. The molecule has 1 amide bonds. The summed E-state index contributed by atoms with van der Waals surface area (Å²) < 4.78 is 7.30. The van der Waals surface area contributed by atoms with Crippen molar-refractivity contribution in [2.45, 2.75) is 6.92 Å². The molecule has 0 spiro atoms. The largest absolute Gasteiger partial charge is 0.464 e. The normalized spacial score (nSPS) is 20.4. The zero-order chi connectivity index (χ0) is 21.7. The van der Waals surface area contributed by atoms with E-state index in [2.05, 4.69) is 35.9 Å². The van der Waals surface area contributed by atoms with Gasteiger partial charge in [-0.25, -0.2) is 19.3 Å². The molecule has 0 aromatic carbocycles. The van der Waals surface area contributed by atoms with Gasteiger partial charge < -0.3 is 14.5 Å². The molecule has 5 heterocycles. The summed E-state index contributed by atoms with van der Waals surface area (Å²) in [4.78, 5) is 37.7. The first-order valence-corrected chi connectivity index (χ1v) is 10.8. The van der Waals surface area contributed by atoms with Gasteiger partial charge in [0.2, 0.25) is 5.82 Å². The number of anilines is 1. The molecule has 9 nitrogen and oxygen atoms in total. The average Bonchev–Trinajstić information content (AvgIpc) is 3.45. The standard InChI is InChI=1S/C21H21BrN6O3/c1-12-6-15(22)11-28-19(12)24-18(25-28)20(29)27-9-13-7-26(8-14(13)10-27)17-5-3-4-16(23-17)21(30)31-2/h3-6,11,13-14H,7-10H2,1-2H3/t13-,14+. The van der Waals surface area contributed by atoms with Crippen LogP contribution in [0, 0.1) is 18.8 Å². The Kier molecular flexibility index (Phi) is 4.88. The van der Waals surface area contributed by atoms with Crippen LogP contribution < -0.4 is 4.90 Å². The van der Waals surface area contributed by atoms with Crippen LogP contribution in [0.25, 0.3) is 5.65 Å². The highest BCUT2D eigenvalue weighted by molar-refractivity contribution is 9.10. The smallest absolute Gasteiger partial charge is 0.356 e. The lowest BCUT2D eigenvalue weighted by molar-refractivity contribution is 0.0593. The summed E-state index contributed by atoms with van der Waals surface area (Å²) in [7, 11) is 1.35. The zero-order valence-corrected chi connectivity index (χ0v) is 18.7. The fraction of sp³-hybridized carbons (Fsp3) is 0.381. The Bertz CT molecular complexity index is 1180. The molecule has 0 unspecified atom stereocenters. The number of methoxy groups -OCH3 is 1. The molecule has 2 aliphatic rings. The molecule has 0 saturated carbocycles. The maximum atomic E-state index is 13.0. The second kappa shape index (κ2) is 7.60. The van der Waals surface area contributed by atoms with Crippen LogP contribution in [-0.2, 0) is 4.74 Å². The molecule has 3 aromatic rings. The summed E-state index contributed by atoms with van der Waals surface area (Å²) in [6.07, 6.45) is 1.80. The molecule has 160 valence electrons. The quantitative estimate of drug-likeness (QED) is 0.526. The van der Waals surface area contributed by atoms with Crippen LogP contribution in [0.1, 0.15) is 26.7 Å². The average molecular weight is 485 g/mol. The highest BCUT2D eigenvalue weighted by atomic mass is 79.9. The van der Waals surface area contributed by atoms with Gasteiger partial charge in [0.15, 0.2) is 11.3 Å². The number of carbonyl (C=O) groups is 2. The molecule has 2 fully saturated rings. The number of halogens is 1. The van der Waals surface area contributed by atoms with Gasteiger partial charge in [-0.15, -0.1) is 5.10 Å². The molecule has 2 saturated heterocycles. The number of hydrogen-bond donors (Lipinski definition) is 0. The van der Waals surface area contributed by atoms with Crippen molar-refractivity contribution in [3.05, 3.63) is 52.0 Å². The molecule has 0 aliphatic carbocycles. The number of hydrogen-bond acceptors (Lipinski definition) is 7. The number of aryl methyl sites for hydroxylation is 1. The van der Waals surface area contributed by atoms with Gasteiger partial charge in [0.1, 0.15) is 5.82 Å². The fourth-order valence-electron chi connectivity index (χ4n) is 4.50. The lowest BCUT2D eigenvalue weighted by atomic mass is 10.0. The lowest BCUT2D eigenvalue weighted by Gasteiger charge is -2.22. The minimum absolute atomic E-state index is 0.133. The lowest BCUT2D eigenvalue weighted by Crippen LogP contribution is -2.34. The van der Waals surface area contributed by atoms with Gasteiger partial charge in [0, 0.05) is 48.7 Å². The Balaban J connectivity index is 1.29. The number of rotatable bonds is 3. The van der Waals surface area contributed by atoms with Crippen molar-refractivity contribution in [1.29, 1.82) is 0 Å². The van der Waals surface area contributed by atoms with Crippen molar-refractivity contribution < 1.29 is 14.3 Å². The number of nitrogens with zero attached hydrogens (tertiary/aromatic N) is 6. The Morgan fingerprint density at radius 1 is 1.13 bits per heavy atom. The van der Waals surface area contributed by atoms with Crippen LogP contribution in [0.15, 0.2) is 34.9 Å². The third kappa shape index (κ3) is 3.54. The molecule has 31 heavy (non-hydrogen) atoms. The third-order valence-electron chi connectivity index (χ3n) is 6.00. The minimum Gasteiger partial charge on any atom is -0.464 e. The molecule has 2 atom stereocenters. The molecule has 0 N–H and O–H groups in total. The monoisotopic (exact) mass is 484 g/mol. The van der Waals surface area contributed by atoms with E-state index >= 15 is 0 Å².